The Kier molecular flexibility index (Phi) is 2.96. The summed E-state index contributed by atoms with van der Waals surface area (Å²) in [4.78, 5) is 0. The van der Waals surface area contributed by atoms with Gasteiger partial charge in [-0.2, -0.15) is 5.26 Å². The van der Waals surface area contributed by atoms with Crippen LogP contribution in [0.4, 0.5) is 8.78 Å². The number of fused-ring (bicyclic) bond motifs is 1. The highest BCUT2D eigenvalue weighted by Crippen LogP contribution is 2.21. The Bertz CT molecular complexity index is 828. The summed E-state index contributed by atoms with van der Waals surface area (Å²) in [5.41, 5.74) is 1.72. The zero-order valence-electron chi connectivity index (χ0n) is 10.5. The lowest BCUT2D eigenvalue weighted by atomic mass is 10.1. The van der Waals surface area contributed by atoms with Gasteiger partial charge in [-0.05, 0) is 42.0 Å². The van der Waals surface area contributed by atoms with E-state index < -0.39 is 0 Å². The second-order valence-electron chi connectivity index (χ2n) is 4.53. The maximum absolute atomic E-state index is 13.6. The Morgan fingerprint density at radius 2 is 1.95 bits per heavy atom. The molecule has 0 aliphatic rings. The van der Waals surface area contributed by atoms with E-state index in [4.69, 9.17) is 5.26 Å². The summed E-state index contributed by atoms with van der Waals surface area (Å²) in [6.45, 7) is 0.327. The minimum absolute atomic E-state index is 0.291. The van der Waals surface area contributed by atoms with E-state index in [9.17, 15) is 8.78 Å². The monoisotopic (exact) mass is 268 g/mol. The number of benzene rings is 2. The lowest BCUT2D eigenvalue weighted by Crippen LogP contribution is -2.01. The van der Waals surface area contributed by atoms with E-state index in [1.807, 2.05) is 6.07 Å². The topological polar surface area (TPSA) is 28.7 Å². The molecule has 0 bridgehead atoms. The molecule has 0 atom stereocenters. The quantitative estimate of drug-likeness (QED) is 0.694. The van der Waals surface area contributed by atoms with Crippen LogP contribution in [-0.2, 0) is 6.54 Å². The van der Waals surface area contributed by atoms with Crippen LogP contribution in [0.5, 0.6) is 0 Å². The molecule has 0 unspecified atom stereocenters. The summed E-state index contributed by atoms with van der Waals surface area (Å²) in [7, 11) is 0. The van der Waals surface area contributed by atoms with Crippen molar-refractivity contribution in [2.45, 2.75) is 6.54 Å². The molecule has 0 aliphatic heterocycles. The molecule has 98 valence electrons. The van der Waals surface area contributed by atoms with Crippen molar-refractivity contribution in [2.24, 2.45) is 0 Å². The van der Waals surface area contributed by atoms with Crippen molar-refractivity contribution in [1.82, 2.24) is 4.57 Å². The summed E-state index contributed by atoms with van der Waals surface area (Å²) in [5.74, 6) is -0.678. The van der Waals surface area contributed by atoms with Gasteiger partial charge in [-0.3, -0.25) is 0 Å². The molecule has 0 fully saturated rings. The SMILES string of the molecule is N#Cc1ccc(F)cc1Cn1ccc2c(F)cccc21. The second-order valence-corrected chi connectivity index (χ2v) is 4.53. The van der Waals surface area contributed by atoms with Gasteiger partial charge in [0.1, 0.15) is 11.6 Å². The molecule has 20 heavy (non-hydrogen) atoms. The van der Waals surface area contributed by atoms with Gasteiger partial charge in [-0.1, -0.05) is 6.07 Å². The van der Waals surface area contributed by atoms with Crippen molar-refractivity contribution < 1.29 is 8.78 Å². The smallest absolute Gasteiger partial charge is 0.132 e. The van der Waals surface area contributed by atoms with Crippen LogP contribution in [0.3, 0.4) is 0 Å². The van der Waals surface area contributed by atoms with Crippen LogP contribution in [0.2, 0.25) is 0 Å². The predicted molar refractivity (Wildman–Crippen MR) is 72.1 cm³/mol. The highest BCUT2D eigenvalue weighted by atomic mass is 19.1. The molecular weight excluding hydrogens is 258 g/mol. The molecule has 3 aromatic rings. The van der Waals surface area contributed by atoms with Crippen LogP contribution in [-0.4, -0.2) is 4.57 Å². The standard InChI is InChI=1S/C16H10F2N2/c17-13-5-4-11(9-19)12(8-13)10-20-7-6-14-15(18)2-1-3-16(14)20/h1-8H,10H2. The maximum Gasteiger partial charge on any atom is 0.132 e. The van der Waals surface area contributed by atoms with Crippen LogP contribution in [0, 0.1) is 23.0 Å². The molecule has 0 spiro atoms. The lowest BCUT2D eigenvalue weighted by Gasteiger charge is -2.08. The number of hydrogen-bond acceptors (Lipinski definition) is 1. The molecule has 2 nitrogen and oxygen atoms in total. The summed E-state index contributed by atoms with van der Waals surface area (Å²) in [6.07, 6.45) is 1.74. The van der Waals surface area contributed by atoms with Gasteiger partial charge in [0.15, 0.2) is 0 Å². The highest BCUT2D eigenvalue weighted by molar-refractivity contribution is 5.80. The van der Waals surface area contributed by atoms with Crippen LogP contribution >= 0.6 is 0 Å². The molecule has 0 saturated heterocycles. The third-order valence-corrected chi connectivity index (χ3v) is 3.29. The Labute approximate surface area is 114 Å². The Morgan fingerprint density at radius 1 is 1.10 bits per heavy atom. The zero-order valence-corrected chi connectivity index (χ0v) is 10.5. The van der Waals surface area contributed by atoms with E-state index in [-0.39, 0.29) is 11.6 Å². The Morgan fingerprint density at radius 3 is 2.75 bits per heavy atom. The fourth-order valence-corrected chi connectivity index (χ4v) is 2.31. The lowest BCUT2D eigenvalue weighted by molar-refractivity contribution is 0.623. The van der Waals surface area contributed by atoms with Gasteiger partial charge in [0.25, 0.3) is 0 Å². The molecule has 0 amide bonds. The number of rotatable bonds is 2. The summed E-state index contributed by atoms with van der Waals surface area (Å²) in [6, 6.07) is 12.6. The van der Waals surface area contributed by atoms with Crippen molar-refractivity contribution in [1.29, 1.82) is 5.26 Å². The fourth-order valence-electron chi connectivity index (χ4n) is 2.31. The zero-order chi connectivity index (χ0) is 14.1. The van der Waals surface area contributed by atoms with E-state index in [1.165, 1.54) is 24.3 Å². The largest absolute Gasteiger partial charge is 0.343 e. The third-order valence-electron chi connectivity index (χ3n) is 3.29. The molecule has 1 heterocycles. The van der Waals surface area contributed by atoms with E-state index in [0.29, 0.717) is 23.1 Å². The van der Waals surface area contributed by atoms with Crippen molar-refractivity contribution in [3.63, 3.8) is 0 Å². The van der Waals surface area contributed by atoms with E-state index in [2.05, 4.69) is 0 Å². The van der Waals surface area contributed by atoms with Crippen molar-refractivity contribution in [3.05, 3.63) is 71.4 Å². The number of hydrogen-bond donors (Lipinski definition) is 0. The Hall–Kier alpha value is -2.67. The van der Waals surface area contributed by atoms with Gasteiger partial charge in [0.2, 0.25) is 0 Å². The van der Waals surface area contributed by atoms with Gasteiger partial charge >= 0.3 is 0 Å². The van der Waals surface area contributed by atoms with Crippen LogP contribution in [0.1, 0.15) is 11.1 Å². The first-order valence-electron chi connectivity index (χ1n) is 6.11. The molecule has 0 radical (unpaired) electrons. The normalized spacial score (nSPS) is 10.7. The van der Waals surface area contributed by atoms with Crippen molar-refractivity contribution in [3.8, 4) is 6.07 Å². The molecule has 0 saturated carbocycles. The summed E-state index contributed by atoms with van der Waals surface area (Å²) in [5, 5.41) is 9.57. The Balaban J connectivity index is 2.08. The van der Waals surface area contributed by atoms with Gasteiger partial charge in [0, 0.05) is 18.1 Å². The number of halogens is 2. The average Bonchev–Trinajstić information content (AvgIpc) is 2.84. The first-order valence-corrected chi connectivity index (χ1v) is 6.11. The van der Waals surface area contributed by atoms with Crippen LogP contribution < -0.4 is 0 Å². The number of nitrogens with zero attached hydrogens (tertiary/aromatic N) is 2. The summed E-state index contributed by atoms with van der Waals surface area (Å²) >= 11 is 0. The van der Waals surface area contributed by atoms with Crippen LogP contribution in [0.25, 0.3) is 10.9 Å². The molecule has 1 aromatic heterocycles. The minimum atomic E-state index is -0.387. The number of aromatic nitrogens is 1. The van der Waals surface area contributed by atoms with E-state index in [1.54, 1.807) is 29.0 Å². The fraction of sp³-hybridized carbons (Fsp3) is 0.0625. The first kappa shape index (κ1) is 12.4. The molecule has 0 N–H and O–H groups in total. The molecule has 0 aliphatic carbocycles. The second kappa shape index (κ2) is 4.78. The number of nitriles is 1. The average molecular weight is 268 g/mol. The molecule has 2 aromatic carbocycles. The van der Waals surface area contributed by atoms with Crippen molar-refractivity contribution >= 4 is 10.9 Å². The maximum atomic E-state index is 13.6. The van der Waals surface area contributed by atoms with Gasteiger partial charge in [-0.25, -0.2) is 8.78 Å². The first-order chi connectivity index (χ1) is 9.69. The highest BCUT2D eigenvalue weighted by Gasteiger charge is 2.08. The molecular formula is C16H10F2N2. The van der Waals surface area contributed by atoms with Gasteiger partial charge in [0.05, 0.1) is 17.1 Å². The minimum Gasteiger partial charge on any atom is -0.343 e. The van der Waals surface area contributed by atoms with Gasteiger partial charge in [-0.15, -0.1) is 0 Å². The van der Waals surface area contributed by atoms with E-state index in [0.717, 1.165) is 5.52 Å². The van der Waals surface area contributed by atoms with Gasteiger partial charge < -0.3 is 4.57 Å². The van der Waals surface area contributed by atoms with E-state index >= 15 is 0 Å². The van der Waals surface area contributed by atoms with Crippen molar-refractivity contribution in [2.75, 3.05) is 0 Å². The van der Waals surface area contributed by atoms with Crippen LogP contribution in [0.15, 0.2) is 48.7 Å². The predicted octanol–water partition coefficient (Wildman–Crippen LogP) is 3.84. The third kappa shape index (κ3) is 2.04. The summed E-state index contributed by atoms with van der Waals surface area (Å²) < 4.78 is 28.7. The molecule has 4 heteroatoms. The molecule has 3 rings (SSSR count).